The van der Waals surface area contributed by atoms with Gasteiger partial charge in [0, 0.05) is 13.1 Å². The number of hydrogen-bond donors (Lipinski definition) is 1. The average molecular weight is 446 g/mol. The first-order valence-corrected chi connectivity index (χ1v) is 12.1. The molecule has 0 aliphatic heterocycles. The molecule has 0 bridgehead atoms. The summed E-state index contributed by atoms with van der Waals surface area (Å²) in [6.45, 7) is 7.41. The molecule has 0 radical (unpaired) electrons. The van der Waals surface area contributed by atoms with E-state index >= 15 is 0 Å². The van der Waals surface area contributed by atoms with Gasteiger partial charge in [-0.05, 0) is 50.5 Å². The second-order valence-electron chi connectivity index (χ2n) is 7.57. The monoisotopic (exact) mass is 445 g/mol. The topological polar surface area (TPSA) is 86.8 Å². The lowest BCUT2D eigenvalue weighted by Gasteiger charge is -2.32. The number of carbonyl (C=O) groups excluding carboxylic acids is 2. The van der Waals surface area contributed by atoms with E-state index in [0.717, 1.165) is 27.3 Å². The molecule has 0 aliphatic carbocycles. The summed E-state index contributed by atoms with van der Waals surface area (Å²) in [5, 5.41) is 2.73. The fourth-order valence-corrected chi connectivity index (χ4v) is 4.19. The quantitative estimate of drug-likeness (QED) is 0.643. The number of nitrogens with one attached hydrogen (secondary N) is 1. The van der Waals surface area contributed by atoms with Crippen LogP contribution in [0.3, 0.4) is 0 Å². The Morgan fingerprint density at radius 3 is 2.26 bits per heavy atom. The minimum Gasteiger partial charge on any atom is -0.355 e. The molecule has 0 spiro atoms. The molecule has 0 saturated carbocycles. The molecule has 8 heteroatoms. The Labute approximate surface area is 185 Å². The lowest BCUT2D eigenvalue weighted by atomic mass is 10.1. The van der Waals surface area contributed by atoms with Gasteiger partial charge in [-0.3, -0.25) is 13.9 Å². The summed E-state index contributed by atoms with van der Waals surface area (Å²) >= 11 is 0. The van der Waals surface area contributed by atoms with Crippen LogP contribution in [0.25, 0.3) is 0 Å². The van der Waals surface area contributed by atoms with Crippen molar-refractivity contribution < 1.29 is 18.0 Å². The van der Waals surface area contributed by atoms with E-state index in [4.69, 9.17) is 0 Å². The minimum atomic E-state index is -3.73. The molecule has 1 unspecified atom stereocenters. The van der Waals surface area contributed by atoms with E-state index in [1.165, 1.54) is 4.90 Å². The normalized spacial score (nSPS) is 12.2. The Morgan fingerprint density at radius 1 is 1.03 bits per heavy atom. The van der Waals surface area contributed by atoms with Crippen LogP contribution >= 0.6 is 0 Å². The van der Waals surface area contributed by atoms with Gasteiger partial charge in [0.05, 0.1) is 11.9 Å². The van der Waals surface area contributed by atoms with Gasteiger partial charge in [0.25, 0.3) is 0 Å². The maximum absolute atomic E-state index is 13.4. The molecule has 0 heterocycles. The molecule has 0 aromatic heterocycles. The predicted molar refractivity (Wildman–Crippen MR) is 123 cm³/mol. The summed E-state index contributed by atoms with van der Waals surface area (Å²) in [5.41, 5.74) is 3.02. The molecular weight excluding hydrogens is 414 g/mol. The van der Waals surface area contributed by atoms with Crippen molar-refractivity contribution in [3.63, 3.8) is 0 Å². The molecule has 2 rings (SSSR count). The van der Waals surface area contributed by atoms with Gasteiger partial charge in [-0.1, -0.05) is 42.5 Å². The summed E-state index contributed by atoms with van der Waals surface area (Å²) in [7, 11) is -3.73. The first-order chi connectivity index (χ1) is 14.6. The molecule has 2 aromatic rings. The van der Waals surface area contributed by atoms with Crippen LogP contribution in [0.4, 0.5) is 5.69 Å². The maximum Gasteiger partial charge on any atom is 0.244 e. The van der Waals surface area contributed by atoms with Crippen molar-refractivity contribution in [1.29, 1.82) is 0 Å². The lowest BCUT2D eigenvalue weighted by Crippen LogP contribution is -2.51. The zero-order valence-electron chi connectivity index (χ0n) is 18.8. The highest BCUT2D eigenvalue weighted by Crippen LogP contribution is 2.25. The largest absolute Gasteiger partial charge is 0.355 e. The van der Waals surface area contributed by atoms with Crippen LogP contribution in [0, 0.1) is 13.8 Å². The zero-order valence-corrected chi connectivity index (χ0v) is 19.6. The number of sulfonamides is 1. The third-order valence-corrected chi connectivity index (χ3v) is 6.36. The minimum absolute atomic E-state index is 0.197. The molecule has 31 heavy (non-hydrogen) atoms. The molecule has 0 saturated heterocycles. The van der Waals surface area contributed by atoms with Crippen LogP contribution in [-0.4, -0.2) is 50.5 Å². The van der Waals surface area contributed by atoms with Crippen LogP contribution in [0.1, 0.15) is 30.5 Å². The van der Waals surface area contributed by atoms with E-state index < -0.39 is 22.0 Å². The summed E-state index contributed by atoms with van der Waals surface area (Å²) in [5.74, 6) is -0.738. The third kappa shape index (κ3) is 6.30. The van der Waals surface area contributed by atoms with Gasteiger partial charge in [-0.25, -0.2) is 8.42 Å². The summed E-state index contributed by atoms with van der Waals surface area (Å²) < 4.78 is 26.3. The molecule has 0 fully saturated rings. The molecule has 1 N–H and O–H groups in total. The lowest BCUT2D eigenvalue weighted by molar-refractivity contribution is -0.139. The molecule has 1 atom stereocenters. The second kappa shape index (κ2) is 10.4. The highest BCUT2D eigenvalue weighted by Gasteiger charge is 2.30. The smallest absolute Gasteiger partial charge is 0.244 e. The van der Waals surface area contributed by atoms with Crippen LogP contribution in [-0.2, 0) is 26.2 Å². The van der Waals surface area contributed by atoms with Gasteiger partial charge < -0.3 is 10.2 Å². The van der Waals surface area contributed by atoms with Gasteiger partial charge >= 0.3 is 0 Å². The van der Waals surface area contributed by atoms with Gasteiger partial charge in [-0.15, -0.1) is 0 Å². The number of benzene rings is 2. The standard InChI is InChI=1S/C23H31N3O4S/c1-6-24-23(28)19(4)25(15-20-12-8-7-9-13-20)22(27)16-26(31(5,29)30)21-14-10-11-17(2)18(21)3/h7-14,19H,6,15-16H2,1-5H3,(H,24,28). The molecule has 2 amide bonds. The van der Waals surface area contributed by atoms with Crippen molar-refractivity contribution in [1.82, 2.24) is 10.2 Å². The van der Waals surface area contributed by atoms with E-state index in [2.05, 4.69) is 5.32 Å². The number of anilines is 1. The van der Waals surface area contributed by atoms with Crippen molar-refractivity contribution in [3.05, 3.63) is 65.2 Å². The molecule has 168 valence electrons. The third-order valence-electron chi connectivity index (χ3n) is 5.24. The van der Waals surface area contributed by atoms with Crippen LogP contribution in [0.2, 0.25) is 0 Å². The Bertz CT molecular complexity index is 1020. The Balaban J connectivity index is 2.41. The first-order valence-electron chi connectivity index (χ1n) is 10.2. The van der Waals surface area contributed by atoms with Crippen molar-refractivity contribution >= 4 is 27.5 Å². The van der Waals surface area contributed by atoms with Crippen molar-refractivity contribution in [2.45, 2.75) is 40.3 Å². The zero-order chi connectivity index (χ0) is 23.2. The summed E-state index contributed by atoms with van der Waals surface area (Å²) in [4.78, 5) is 27.3. The predicted octanol–water partition coefficient (Wildman–Crippen LogP) is 2.62. The van der Waals surface area contributed by atoms with Crippen LogP contribution in [0.15, 0.2) is 48.5 Å². The van der Waals surface area contributed by atoms with E-state index in [1.54, 1.807) is 26.0 Å². The van der Waals surface area contributed by atoms with Crippen molar-refractivity contribution in [2.24, 2.45) is 0 Å². The van der Waals surface area contributed by atoms with E-state index in [0.29, 0.717) is 12.2 Å². The molecule has 7 nitrogen and oxygen atoms in total. The van der Waals surface area contributed by atoms with Gasteiger partial charge in [-0.2, -0.15) is 0 Å². The number of nitrogens with zero attached hydrogens (tertiary/aromatic N) is 2. The Morgan fingerprint density at radius 2 is 1.68 bits per heavy atom. The van der Waals surface area contributed by atoms with Gasteiger partial charge in [0.1, 0.15) is 12.6 Å². The second-order valence-corrected chi connectivity index (χ2v) is 9.47. The van der Waals surface area contributed by atoms with Crippen molar-refractivity contribution in [2.75, 3.05) is 23.7 Å². The van der Waals surface area contributed by atoms with Crippen LogP contribution < -0.4 is 9.62 Å². The maximum atomic E-state index is 13.4. The number of rotatable bonds is 9. The average Bonchev–Trinajstić information content (AvgIpc) is 2.72. The number of carbonyl (C=O) groups is 2. The fraction of sp³-hybridized carbons (Fsp3) is 0.391. The van der Waals surface area contributed by atoms with Gasteiger partial charge in [0.15, 0.2) is 0 Å². The Kier molecular flexibility index (Phi) is 8.21. The fourth-order valence-electron chi connectivity index (χ4n) is 3.29. The Hall–Kier alpha value is -2.87. The number of aryl methyl sites for hydroxylation is 1. The number of likely N-dealkylation sites (N-methyl/N-ethyl adjacent to an activating group) is 1. The summed E-state index contributed by atoms with van der Waals surface area (Å²) in [6, 6.07) is 13.9. The van der Waals surface area contributed by atoms with Crippen molar-refractivity contribution in [3.8, 4) is 0 Å². The number of amides is 2. The van der Waals surface area contributed by atoms with Gasteiger partial charge in [0.2, 0.25) is 21.8 Å². The molecule has 0 aliphatic rings. The number of hydrogen-bond acceptors (Lipinski definition) is 4. The summed E-state index contributed by atoms with van der Waals surface area (Å²) in [6.07, 6.45) is 1.08. The molecule has 2 aromatic carbocycles. The SMILES string of the molecule is CCNC(=O)C(C)N(Cc1ccccc1)C(=O)CN(c1cccc(C)c1C)S(C)(=O)=O. The molecular formula is C23H31N3O4S. The highest BCUT2D eigenvalue weighted by molar-refractivity contribution is 7.92. The van der Waals surface area contributed by atoms with E-state index in [1.807, 2.05) is 50.2 Å². The van der Waals surface area contributed by atoms with E-state index in [9.17, 15) is 18.0 Å². The first kappa shape index (κ1) is 24.4. The van der Waals surface area contributed by atoms with Crippen LogP contribution in [0.5, 0.6) is 0 Å². The highest BCUT2D eigenvalue weighted by atomic mass is 32.2. The van der Waals surface area contributed by atoms with E-state index in [-0.39, 0.29) is 19.0 Å².